The van der Waals surface area contributed by atoms with E-state index < -0.39 is 23.1 Å². The number of nitrogens with two attached hydrogens (primary N) is 1. The number of nitrogens with zero attached hydrogens (tertiary/aromatic N) is 1. The lowest BCUT2D eigenvalue weighted by atomic mass is 10.0. The molecule has 9 heteroatoms. The van der Waals surface area contributed by atoms with E-state index in [1.165, 1.54) is 6.07 Å². The summed E-state index contributed by atoms with van der Waals surface area (Å²) in [4.78, 5) is 24.4. The molecular formula is C25H26BrF2N3O3. The minimum absolute atomic E-state index is 0.143. The second-order valence-corrected chi connectivity index (χ2v) is 9.33. The molecule has 3 aromatic rings. The smallest absolute Gasteiger partial charge is 0.269 e. The zero-order valence-electron chi connectivity index (χ0n) is 19.1. The highest BCUT2D eigenvalue weighted by Crippen LogP contribution is 2.24. The van der Waals surface area contributed by atoms with Gasteiger partial charge in [-0.3, -0.25) is 14.9 Å². The minimum atomic E-state index is -0.818. The Morgan fingerprint density at radius 1 is 1.12 bits per heavy atom. The molecule has 1 aromatic heterocycles. The summed E-state index contributed by atoms with van der Waals surface area (Å²) in [6, 6.07) is 12.6. The number of rotatable bonds is 9. The number of pyridine rings is 1. The van der Waals surface area contributed by atoms with Gasteiger partial charge in [0, 0.05) is 29.9 Å². The average Bonchev–Trinajstić information content (AvgIpc) is 2.78. The van der Waals surface area contributed by atoms with Gasteiger partial charge in [0.05, 0.1) is 12.1 Å². The van der Waals surface area contributed by atoms with Gasteiger partial charge in [0.15, 0.2) is 0 Å². The van der Waals surface area contributed by atoms with Crippen molar-refractivity contribution in [2.75, 3.05) is 0 Å². The summed E-state index contributed by atoms with van der Waals surface area (Å²) in [6.07, 6.45) is 0. The first-order chi connectivity index (χ1) is 16.0. The molecule has 0 atom stereocenters. The molecule has 6 nitrogen and oxygen atoms in total. The molecule has 3 rings (SSSR count). The number of carbonyl (C=O) groups is 1. The molecular weight excluding hydrogens is 508 g/mol. The van der Waals surface area contributed by atoms with Crippen LogP contribution in [-0.2, 0) is 24.5 Å². The van der Waals surface area contributed by atoms with Crippen molar-refractivity contribution in [1.29, 1.82) is 0 Å². The molecule has 0 saturated carbocycles. The number of hydrogen-bond donors (Lipinski definition) is 2. The monoisotopic (exact) mass is 533 g/mol. The van der Waals surface area contributed by atoms with E-state index in [-0.39, 0.29) is 28.0 Å². The van der Waals surface area contributed by atoms with Gasteiger partial charge in [-0.05, 0) is 60.0 Å². The number of hydrogen-bond acceptors (Lipinski definition) is 4. The zero-order chi connectivity index (χ0) is 25.0. The predicted octanol–water partition coefficient (Wildman–Crippen LogP) is 4.18. The van der Waals surface area contributed by atoms with Gasteiger partial charge in [0.2, 0.25) is 5.91 Å². The first-order valence-corrected chi connectivity index (χ1v) is 11.4. The van der Waals surface area contributed by atoms with Crippen molar-refractivity contribution >= 4 is 21.8 Å². The van der Waals surface area contributed by atoms with Gasteiger partial charge in [-0.15, -0.1) is 0 Å². The molecule has 180 valence electrons. The number of benzene rings is 2. The van der Waals surface area contributed by atoms with E-state index in [2.05, 4.69) is 21.2 Å². The SMILES string of the molecule is Cc1cc(OCc2ccc(F)cc2F)c(Br)c(=O)n1Cc1ccc(CNC(C)(C)C(N)=O)cc1. The molecule has 0 bridgehead atoms. The fraction of sp³-hybridized carbons (Fsp3) is 0.280. The van der Waals surface area contributed by atoms with Gasteiger partial charge in [0.25, 0.3) is 5.56 Å². The molecule has 0 aliphatic carbocycles. The Balaban J connectivity index is 1.71. The maximum atomic E-state index is 13.9. The molecule has 0 saturated heterocycles. The lowest BCUT2D eigenvalue weighted by Gasteiger charge is -2.22. The maximum Gasteiger partial charge on any atom is 0.269 e. The van der Waals surface area contributed by atoms with E-state index in [1.54, 1.807) is 31.4 Å². The quantitative estimate of drug-likeness (QED) is 0.432. The molecule has 0 unspecified atom stereocenters. The van der Waals surface area contributed by atoms with Crippen LogP contribution in [0, 0.1) is 18.6 Å². The molecule has 3 N–H and O–H groups in total. The number of nitrogens with one attached hydrogen (secondary N) is 1. The van der Waals surface area contributed by atoms with E-state index >= 15 is 0 Å². The topological polar surface area (TPSA) is 86.3 Å². The van der Waals surface area contributed by atoms with Gasteiger partial charge in [-0.25, -0.2) is 8.78 Å². The highest BCUT2D eigenvalue weighted by molar-refractivity contribution is 9.10. The van der Waals surface area contributed by atoms with Crippen LogP contribution in [0.25, 0.3) is 0 Å². The molecule has 0 aliphatic heterocycles. The standard InChI is InChI=1S/C25H26BrF2N3O3/c1-15-10-21(34-14-18-8-9-19(27)11-20(18)28)22(26)23(32)31(15)13-17-6-4-16(5-7-17)12-30-25(2,3)24(29)33/h4-11,30H,12-14H2,1-3H3,(H2,29,33). The molecule has 0 aliphatic rings. The van der Waals surface area contributed by atoms with E-state index in [0.717, 1.165) is 23.3 Å². The van der Waals surface area contributed by atoms with Crippen molar-refractivity contribution in [1.82, 2.24) is 9.88 Å². The third-order valence-electron chi connectivity index (χ3n) is 5.53. The third kappa shape index (κ3) is 6.09. The maximum absolute atomic E-state index is 13.9. The fourth-order valence-electron chi connectivity index (χ4n) is 3.17. The number of amides is 1. The summed E-state index contributed by atoms with van der Waals surface area (Å²) in [5, 5.41) is 3.11. The van der Waals surface area contributed by atoms with Crippen LogP contribution < -0.4 is 21.3 Å². The van der Waals surface area contributed by atoms with Crippen LogP contribution in [0.5, 0.6) is 5.75 Å². The number of primary amides is 1. The summed E-state index contributed by atoms with van der Waals surface area (Å²) in [6.45, 7) is 5.90. The predicted molar refractivity (Wildman–Crippen MR) is 129 cm³/mol. The molecule has 2 aromatic carbocycles. The van der Waals surface area contributed by atoms with Crippen LogP contribution in [0.15, 0.2) is 57.8 Å². The Bertz CT molecular complexity index is 1260. The largest absolute Gasteiger partial charge is 0.487 e. The van der Waals surface area contributed by atoms with Crippen LogP contribution in [0.4, 0.5) is 8.78 Å². The molecule has 0 radical (unpaired) electrons. The van der Waals surface area contributed by atoms with Gasteiger partial charge in [-0.1, -0.05) is 24.3 Å². The number of aryl methyl sites for hydroxylation is 1. The van der Waals surface area contributed by atoms with Crippen molar-refractivity contribution < 1.29 is 18.3 Å². The highest BCUT2D eigenvalue weighted by Gasteiger charge is 2.23. The highest BCUT2D eigenvalue weighted by atomic mass is 79.9. The molecule has 34 heavy (non-hydrogen) atoms. The summed E-state index contributed by atoms with van der Waals surface area (Å²) in [5.41, 5.74) is 7.01. The van der Waals surface area contributed by atoms with Gasteiger partial charge >= 0.3 is 0 Å². The van der Waals surface area contributed by atoms with Crippen molar-refractivity contribution in [3.63, 3.8) is 0 Å². The summed E-state index contributed by atoms with van der Waals surface area (Å²) < 4.78 is 34.4. The molecule has 1 heterocycles. The summed E-state index contributed by atoms with van der Waals surface area (Å²) in [7, 11) is 0. The third-order valence-corrected chi connectivity index (χ3v) is 6.26. The van der Waals surface area contributed by atoms with E-state index in [4.69, 9.17) is 10.5 Å². The van der Waals surface area contributed by atoms with Gasteiger partial charge in [0.1, 0.15) is 28.5 Å². The van der Waals surface area contributed by atoms with Crippen molar-refractivity contribution in [2.45, 2.75) is 46.0 Å². The lowest BCUT2D eigenvalue weighted by molar-refractivity contribution is -0.123. The second-order valence-electron chi connectivity index (χ2n) is 8.54. The number of carbonyl (C=O) groups excluding carboxylic acids is 1. The summed E-state index contributed by atoms with van der Waals surface area (Å²) >= 11 is 3.29. The van der Waals surface area contributed by atoms with E-state index in [0.29, 0.717) is 18.8 Å². The first kappa shape index (κ1) is 25.6. The first-order valence-electron chi connectivity index (χ1n) is 10.6. The van der Waals surface area contributed by atoms with Crippen LogP contribution in [0.1, 0.15) is 36.2 Å². The van der Waals surface area contributed by atoms with Crippen LogP contribution in [0.2, 0.25) is 0 Å². The number of halogens is 3. The van der Waals surface area contributed by atoms with Crippen molar-refractivity contribution in [3.05, 3.63) is 97.4 Å². The van der Waals surface area contributed by atoms with Crippen molar-refractivity contribution in [3.8, 4) is 5.75 Å². The number of ether oxygens (including phenoxy) is 1. The van der Waals surface area contributed by atoms with Crippen LogP contribution in [-0.4, -0.2) is 16.0 Å². The number of aromatic nitrogens is 1. The summed E-state index contributed by atoms with van der Waals surface area (Å²) in [5.74, 6) is -1.53. The Morgan fingerprint density at radius 2 is 1.76 bits per heavy atom. The Hall–Kier alpha value is -3.04. The normalized spacial score (nSPS) is 11.5. The molecule has 0 fully saturated rings. The van der Waals surface area contributed by atoms with Gasteiger partial charge < -0.3 is 15.0 Å². The zero-order valence-corrected chi connectivity index (χ0v) is 20.7. The van der Waals surface area contributed by atoms with Crippen molar-refractivity contribution in [2.24, 2.45) is 5.73 Å². The molecule has 1 amide bonds. The Labute approximate surface area is 204 Å². The second kappa shape index (κ2) is 10.5. The lowest BCUT2D eigenvalue weighted by Crippen LogP contribution is -2.50. The van der Waals surface area contributed by atoms with Crippen LogP contribution in [0.3, 0.4) is 0 Å². The Kier molecular flexibility index (Phi) is 7.89. The van der Waals surface area contributed by atoms with E-state index in [1.807, 2.05) is 24.3 Å². The van der Waals surface area contributed by atoms with Gasteiger partial charge in [-0.2, -0.15) is 0 Å². The van der Waals surface area contributed by atoms with E-state index in [9.17, 15) is 18.4 Å². The fourth-order valence-corrected chi connectivity index (χ4v) is 3.61. The average molecular weight is 534 g/mol. The molecule has 0 spiro atoms. The minimum Gasteiger partial charge on any atom is -0.487 e. The van der Waals surface area contributed by atoms with Crippen LogP contribution >= 0.6 is 15.9 Å². The Morgan fingerprint density at radius 3 is 2.38 bits per heavy atom.